The van der Waals surface area contributed by atoms with Crippen LogP contribution in [0.2, 0.25) is 5.02 Å². The number of anilines is 1. The molecule has 0 amide bonds. The maximum Gasteiger partial charge on any atom is 0.308 e. The minimum atomic E-state index is -3.75. The zero-order valence-electron chi connectivity index (χ0n) is 9.91. The molecule has 0 fully saturated rings. The van der Waals surface area contributed by atoms with Crippen LogP contribution in [0.5, 0.6) is 0 Å². The van der Waals surface area contributed by atoms with E-state index >= 15 is 0 Å². The third-order valence-electron chi connectivity index (χ3n) is 2.22. The number of sulfonamides is 1. The predicted octanol–water partition coefficient (Wildman–Crippen LogP) is 2.22. The Labute approximate surface area is 124 Å². The fourth-order valence-electron chi connectivity index (χ4n) is 1.37. The zero-order valence-corrected chi connectivity index (χ0v) is 12.3. The number of hydrogen-bond acceptors (Lipinski definition) is 5. The minimum absolute atomic E-state index is 0.0527. The molecule has 6 nitrogen and oxygen atoms in total. The van der Waals surface area contributed by atoms with Gasteiger partial charge in [-0.15, -0.1) is 11.3 Å². The van der Waals surface area contributed by atoms with Crippen molar-refractivity contribution >= 4 is 44.1 Å². The summed E-state index contributed by atoms with van der Waals surface area (Å²) in [5.41, 5.74) is 0. The highest BCUT2D eigenvalue weighted by atomic mass is 35.5. The SMILES string of the molecule is O=C(O)Cc1cnc(NS(=O)(=O)c2ccc(Cl)cc2)s1. The number of nitrogens with zero attached hydrogens (tertiary/aromatic N) is 1. The summed E-state index contributed by atoms with van der Waals surface area (Å²) in [6.45, 7) is 0. The van der Waals surface area contributed by atoms with Gasteiger partial charge in [-0.25, -0.2) is 13.4 Å². The van der Waals surface area contributed by atoms with Gasteiger partial charge in [0.2, 0.25) is 0 Å². The first kappa shape index (κ1) is 14.8. The van der Waals surface area contributed by atoms with Crippen molar-refractivity contribution in [3.05, 3.63) is 40.4 Å². The Morgan fingerprint density at radius 3 is 2.60 bits per heavy atom. The van der Waals surface area contributed by atoms with Crippen molar-refractivity contribution in [2.24, 2.45) is 0 Å². The van der Waals surface area contributed by atoms with Crippen molar-refractivity contribution < 1.29 is 18.3 Å². The molecule has 2 aromatic rings. The molecular formula is C11H9ClN2O4S2. The Morgan fingerprint density at radius 1 is 1.35 bits per heavy atom. The molecule has 1 aromatic heterocycles. The number of halogens is 1. The van der Waals surface area contributed by atoms with Gasteiger partial charge >= 0.3 is 5.97 Å². The van der Waals surface area contributed by atoms with Crippen molar-refractivity contribution in [3.8, 4) is 0 Å². The molecule has 9 heteroatoms. The van der Waals surface area contributed by atoms with Gasteiger partial charge in [0.05, 0.1) is 11.3 Å². The quantitative estimate of drug-likeness (QED) is 0.875. The first-order valence-corrected chi connectivity index (χ1v) is 7.99. The summed E-state index contributed by atoms with van der Waals surface area (Å²) in [5.74, 6) is -0.999. The van der Waals surface area contributed by atoms with E-state index in [9.17, 15) is 13.2 Å². The normalized spacial score (nSPS) is 11.2. The van der Waals surface area contributed by atoms with Gasteiger partial charge in [0.25, 0.3) is 10.0 Å². The molecule has 20 heavy (non-hydrogen) atoms. The van der Waals surface area contributed by atoms with Crippen molar-refractivity contribution in [1.29, 1.82) is 0 Å². The van der Waals surface area contributed by atoms with Crippen molar-refractivity contribution in [3.63, 3.8) is 0 Å². The number of aromatic nitrogens is 1. The van der Waals surface area contributed by atoms with Crippen LogP contribution in [0.25, 0.3) is 0 Å². The molecule has 0 aliphatic heterocycles. The lowest BCUT2D eigenvalue weighted by Gasteiger charge is -2.04. The lowest BCUT2D eigenvalue weighted by Crippen LogP contribution is -2.12. The summed E-state index contributed by atoms with van der Waals surface area (Å²) in [7, 11) is -3.75. The highest BCUT2D eigenvalue weighted by Crippen LogP contribution is 2.22. The topological polar surface area (TPSA) is 96.4 Å². The van der Waals surface area contributed by atoms with E-state index in [0.717, 1.165) is 11.3 Å². The molecule has 2 N–H and O–H groups in total. The number of benzene rings is 1. The molecule has 1 aromatic carbocycles. The Balaban J connectivity index is 2.18. The monoisotopic (exact) mass is 332 g/mol. The number of carbonyl (C=O) groups is 1. The molecule has 0 saturated heterocycles. The Morgan fingerprint density at radius 2 is 2.00 bits per heavy atom. The summed E-state index contributed by atoms with van der Waals surface area (Å²) in [6.07, 6.45) is 1.14. The third-order valence-corrected chi connectivity index (χ3v) is 4.87. The van der Waals surface area contributed by atoms with E-state index in [1.54, 1.807) is 0 Å². The fraction of sp³-hybridized carbons (Fsp3) is 0.0909. The summed E-state index contributed by atoms with van der Waals surface area (Å²) < 4.78 is 26.4. The molecule has 106 valence electrons. The lowest BCUT2D eigenvalue weighted by atomic mass is 10.4. The molecule has 0 unspecified atom stereocenters. The van der Waals surface area contributed by atoms with Crippen molar-refractivity contribution in [2.45, 2.75) is 11.3 Å². The number of rotatable bonds is 5. The van der Waals surface area contributed by atoms with Crippen molar-refractivity contribution in [2.75, 3.05) is 4.72 Å². The Hall–Kier alpha value is -1.64. The third kappa shape index (κ3) is 3.69. The van der Waals surface area contributed by atoms with Gasteiger partial charge in [-0.05, 0) is 24.3 Å². The first-order chi connectivity index (χ1) is 9.37. The molecule has 0 aliphatic carbocycles. The largest absolute Gasteiger partial charge is 0.481 e. The zero-order chi connectivity index (χ0) is 14.8. The fourth-order valence-corrected chi connectivity index (χ4v) is 3.54. The van der Waals surface area contributed by atoms with Crippen LogP contribution in [-0.2, 0) is 21.2 Å². The van der Waals surface area contributed by atoms with Crippen LogP contribution >= 0.6 is 22.9 Å². The molecule has 1 heterocycles. The Bertz CT molecular complexity index is 725. The van der Waals surface area contributed by atoms with Gasteiger partial charge in [-0.2, -0.15) is 0 Å². The molecule has 0 radical (unpaired) electrons. The van der Waals surface area contributed by atoms with E-state index in [1.165, 1.54) is 30.5 Å². The summed E-state index contributed by atoms with van der Waals surface area (Å²) in [4.78, 5) is 14.9. The summed E-state index contributed by atoms with van der Waals surface area (Å²) in [6, 6.07) is 5.68. The van der Waals surface area contributed by atoms with Crippen LogP contribution in [0.1, 0.15) is 4.88 Å². The average Bonchev–Trinajstić information content (AvgIpc) is 2.75. The van der Waals surface area contributed by atoms with Gasteiger partial charge < -0.3 is 5.11 Å². The average molecular weight is 333 g/mol. The maximum absolute atomic E-state index is 12.0. The van der Waals surface area contributed by atoms with Crippen LogP contribution in [0.3, 0.4) is 0 Å². The van der Waals surface area contributed by atoms with E-state index in [-0.39, 0.29) is 16.4 Å². The highest BCUT2D eigenvalue weighted by Gasteiger charge is 2.16. The summed E-state index contributed by atoms with van der Waals surface area (Å²) >= 11 is 6.67. The van der Waals surface area contributed by atoms with Gasteiger partial charge in [0.1, 0.15) is 0 Å². The molecule has 0 aliphatic rings. The van der Waals surface area contributed by atoms with Gasteiger partial charge in [0, 0.05) is 16.1 Å². The predicted molar refractivity (Wildman–Crippen MR) is 75.7 cm³/mol. The number of thiazole rings is 1. The second kappa shape index (κ2) is 5.78. The first-order valence-electron chi connectivity index (χ1n) is 5.32. The number of carboxylic acids is 1. The molecule has 0 bridgehead atoms. The molecular weight excluding hydrogens is 324 g/mol. The number of carboxylic acid groups (broad SMARTS) is 1. The van der Waals surface area contributed by atoms with E-state index in [1.807, 2.05) is 0 Å². The van der Waals surface area contributed by atoms with Crippen LogP contribution in [0, 0.1) is 0 Å². The van der Waals surface area contributed by atoms with Crippen LogP contribution < -0.4 is 4.72 Å². The van der Waals surface area contributed by atoms with Crippen LogP contribution in [0.15, 0.2) is 35.4 Å². The second-order valence-electron chi connectivity index (χ2n) is 3.76. The number of aliphatic carboxylic acids is 1. The Kier molecular flexibility index (Phi) is 4.26. The van der Waals surface area contributed by atoms with E-state index in [0.29, 0.717) is 9.90 Å². The summed E-state index contributed by atoms with van der Waals surface area (Å²) in [5, 5.41) is 9.19. The maximum atomic E-state index is 12.0. The van der Waals surface area contributed by atoms with Gasteiger partial charge in [0.15, 0.2) is 5.13 Å². The van der Waals surface area contributed by atoms with Crippen molar-refractivity contribution in [1.82, 2.24) is 4.98 Å². The lowest BCUT2D eigenvalue weighted by molar-refractivity contribution is -0.136. The molecule has 0 atom stereocenters. The van der Waals surface area contributed by atoms with E-state index < -0.39 is 16.0 Å². The van der Waals surface area contributed by atoms with E-state index in [4.69, 9.17) is 16.7 Å². The minimum Gasteiger partial charge on any atom is -0.481 e. The molecule has 0 saturated carbocycles. The second-order valence-corrected chi connectivity index (χ2v) is 7.00. The smallest absolute Gasteiger partial charge is 0.308 e. The molecule has 2 rings (SSSR count). The molecule has 0 spiro atoms. The van der Waals surface area contributed by atoms with Gasteiger partial charge in [-0.3, -0.25) is 9.52 Å². The van der Waals surface area contributed by atoms with Gasteiger partial charge in [-0.1, -0.05) is 11.6 Å². The number of nitrogens with one attached hydrogen (secondary N) is 1. The highest BCUT2D eigenvalue weighted by molar-refractivity contribution is 7.93. The van der Waals surface area contributed by atoms with Crippen LogP contribution in [0.4, 0.5) is 5.13 Å². The van der Waals surface area contributed by atoms with E-state index in [2.05, 4.69) is 9.71 Å². The van der Waals surface area contributed by atoms with Crippen LogP contribution in [-0.4, -0.2) is 24.5 Å². The standard InChI is InChI=1S/C11H9ClN2O4S2/c12-7-1-3-9(4-2-7)20(17,18)14-11-13-6-8(19-11)5-10(15)16/h1-4,6H,5H2,(H,13,14)(H,15,16). The number of hydrogen-bond donors (Lipinski definition) is 2.